The van der Waals surface area contributed by atoms with Crippen LogP contribution in [0.1, 0.15) is 24.4 Å². The number of ether oxygens (including phenoxy) is 2. The third-order valence-electron chi connectivity index (χ3n) is 3.24. The molecule has 4 nitrogen and oxygen atoms in total. The Morgan fingerprint density at radius 2 is 2.12 bits per heavy atom. The number of piperidine rings is 1. The van der Waals surface area contributed by atoms with Crippen LogP contribution in [0.3, 0.4) is 0 Å². The van der Waals surface area contributed by atoms with Crippen molar-refractivity contribution < 1.29 is 9.47 Å². The first-order valence-electron chi connectivity index (χ1n) is 5.71. The van der Waals surface area contributed by atoms with E-state index in [0.717, 1.165) is 30.9 Å². The molecule has 2 aliphatic rings. The van der Waals surface area contributed by atoms with E-state index in [0.29, 0.717) is 18.9 Å². The highest BCUT2D eigenvalue weighted by Crippen LogP contribution is 2.35. The molecule has 16 heavy (non-hydrogen) atoms. The van der Waals surface area contributed by atoms with Crippen LogP contribution in [0.15, 0.2) is 18.2 Å². The van der Waals surface area contributed by atoms with E-state index in [1.54, 1.807) is 0 Å². The molecule has 0 aromatic heterocycles. The van der Waals surface area contributed by atoms with E-state index in [-0.39, 0.29) is 0 Å². The summed E-state index contributed by atoms with van der Waals surface area (Å²) in [6.45, 7) is 1.32. The number of fused-ring (bicyclic) bond motifs is 1. The fourth-order valence-electron chi connectivity index (χ4n) is 2.33. The minimum Gasteiger partial charge on any atom is -0.454 e. The van der Waals surface area contributed by atoms with Gasteiger partial charge in [-0.2, -0.15) is 0 Å². The fraction of sp³-hybridized carbons (Fsp3) is 0.500. The van der Waals surface area contributed by atoms with Crippen molar-refractivity contribution in [2.75, 3.05) is 13.3 Å². The fourth-order valence-corrected chi connectivity index (χ4v) is 2.33. The summed E-state index contributed by atoms with van der Waals surface area (Å²) in [5.41, 5.74) is 7.21. The second-order valence-corrected chi connectivity index (χ2v) is 4.40. The molecule has 0 bridgehead atoms. The van der Waals surface area contributed by atoms with Crippen LogP contribution in [0.5, 0.6) is 11.5 Å². The summed E-state index contributed by atoms with van der Waals surface area (Å²) in [5, 5.41) is 3.48. The summed E-state index contributed by atoms with van der Waals surface area (Å²) >= 11 is 0. The van der Waals surface area contributed by atoms with Crippen LogP contribution in [-0.2, 0) is 0 Å². The molecule has 0 radical (unpaired) electrons. The molecule has 2 heterocycles. The lowest BCUT2D eigenvalue weighted by molar-refractivity contribution is 0.174. The summed E-state index contributed by atoms with van der Waals surface area (Å²) in [7, 11) is 0. The molecule has 2 unspecified atom stereocenters. The van der Waals surface area contributed by atoms with Gasteiger partial charge < -0.3 is 20.5 Å². The van der Waals surface area contributed by atoms with Crippen molar-refractivity contribution in [3.8, 4) is 11.5 Å². The van der Waals surface area contributed by atoms with Crippen LogP contribution in [0.25, 0.3) is 0 Å². The monoisotopic (exact) mass is 220 g/mol. The topological polar surface area (TPSA) is 56.5 Å². The van der Waals surface area contributed by atoms with Gasteiger partial charge in [-0.15, -0.1) is 0 Å². The van der Waals surface area contributed by atoms with Gasteiger partial charge in [-0.25, -0.2) is 0 Å². The Kier molecular flexibility index (Phi) is 2.46. The van der Waals surface area contributed by atoms with Crippen molar-refractivity contribution in [2.45, 2.75) is 24.9 Å². The Hall–Kier alpha value is -1.26. The molecule has 0 aliphatic carbocycles. The van der Waals surface area contributed by atoms with E-state index in [1.807, 2.05) is 6.07 Å². The third-order valence-corrected chi connectivity index (χ3v) is 3.24. The summed E-state index contributed by atoms with van der Waals surface area (Å²) in [4.78, 5) is 0. The summed E-state index contributed by atoms with van der Waals surface area (Å²) in [5.74, 6) is 1.68. The maximum Gasteiger partial charge on any atom is 0.231 e. The van der Waals surface area contributed by atoms with Gasteiger partial charge in [-0.3, -0.25) is 0 Å². The highest BCUT2D eigenvalue weighted by Gasteiger charge is 2.22. The predicted molar refractivity (Wildman–Crippen MR) is 60.5 cm³/mol. The predicted octanol–water partition coefficient (Wildman–Crippen LogP) is 1.17. The molecule has 1 aromatic carbocycles. The molecule has 3 rings (SSSR count). The molecular formula is C12H16N2O2. The van der Waals surface area contributed by atoms with Crippen molar-refractivity contribution in [2.24, 2.45) is 5.73 Å². The summed E-state index contributed by atoms with van der Waals surface area (Å²) < 4.78 is 10.7. The lowest BCUT2D eigenvalue weighted by Crippen LogP contribution is -2.38. The lowest BCUT2D eigenvalue weighted by Gasteiger charge is -2.28. The van der Waals surface area contributed by atoms with Crippen molar-refractivity contribution in [1.29, 1.82) is 0 Å². The zero-order chi connectivity index (χ0) is 11.0. The highest BCUT2D eigenvalue weighted by atomic mass is 16.7. The molecule has 86 valence electrons. The number of hydrogen-bond donors (Lipinski definition) is 2. The summed E-state index contributed by atoms with van der Waals surface area (Å²) in [6, 6.07) is 6.76. The minimum absolute atomic E-state index is 0.302. The molecule has 0 saturated carbocycles. The standard InChI is InChI=1S/C12H16N2O2/c13-9-3-4-14-10(6-9)8-1-2-11-12(5-8)16-7-15-11/h1-2,5,9-10,14H,3-4,6-7,13H2. The first-order valence-corrected chi connectivity index (χ1v) is 5.71. The smallest absolute Gasteiger partial charge is 0.231 e. The van der Waals surface area contributed by atoms with E-state index >= 15 is 0 Å². The van der Waals surface area contributed by atoms with E-state index < -0.39 is 0 Å². The molecule has 0 amide bonds. The Balaban J connectivity index is 1.83. The van der Waals surface area contributed by atoms with Crippen LogP contribution in [-0.4, -0.2) is 19.4 Å². The van der Waals surface area contributed by atoms with Crippen molar-refractivity contribution >= 4 is 0 Å². The molecular weight excluding hydrogens is 204 g/mol. The number of rotatable bonds is 1. The maximum absolute atomic E-state index is 5.98. The van der Waals surface area contributed by atoms with E-state index in [2.05, 4.69) is 17.4 Å². The summed E-state index contributed by atoms with van der Waals surface area (Å²) in [6.07, 6.45) is 2.04. The number of hydrogen-bond acceptors (Lipinski definition) is 4. The SMILES string of the molecule is NC1CCNC(c2ccc3c(c2)OCO3)C1. The Morgan fingerprint density at radius 3 is 3.00 bits per heavy atom. The normalized spacial score (nSPS) is 28.1. The maximum atomic E-state index is 5.98. The first kappa shape index (κ1) is 9.93. The van der Waals surface area contributed by atoms with Crippen LogP contribution in [0, 0.1) is 0 Å². The molecule has 1 aromatic rings. The second kappa shape index (κ2) is 3.96. The van der Waals surface area contributed by atoms with Gasteiger partial charge in [0, 0.05) is 12.1 Å². The molecule has 1 saturated heterocycles. The highest BCUT2D eigenvalue weighted by molar-refractivity contribution is 5.45. The minimum atomic E-state index is 0.302. The van der Waals surface area contributed by atoms with Gasteiger partial charge >= 0.3 is 0 Å². The van der Waals surface area contributed by atoms with Crippen LogP contribution < -0.4 is 20.5 Å². The second-order valence-electron chi connectivity index (χ2n) is 4.40. The van der Waals surface area contributed by atoms with Gasteiger partial charge in [0.25, 0.3) is 0 Å². The van der Waals surface area contributed by atoms with Gasteiger partial charge in [0.2, 0.25) is 6.79 Å². The number of nitrogens with one attached hydrogen (secondary N) is 1. The molecule has 0 spiro atoms. The molecule has 4 heteroatoms. The Bertz CT molecular complexity index is 395. The molecule has 3 N–H and O–H groups in total. The number of nitrogens with two attached hydrogens (primary N) is 1. The van der Waals surface area contributed by atoms with Crippen LogP contribution in [0.4, 0.5) is 0 Å². The van der Waals surface area contributed by atoms with E-state index in [1.165, 1.54) is 5.56 Å². The quantitative estimate of drug-likeness (QED) is 0.746. The van der Waals surface area contributed by atoms with Gasteiger partial charge in [0.05, 0.1) is 0 Å². The van der Waals surface area contributed by atoms with Crippen molar-refractivity contribution in [3.63, 3.8) is 0 Å². The zero-order valence-corrected chi connectivity index (χ0v) is 9.11. The van der Waals surface area contributed by atoms with Gasteiger partial charge in [0.15, 0.2) is 11.5 Å². The van der Waals surface area contributed by atoms with E-state index in [4.69, 9.17) is 15.2 Å². The Labute approximate surface area is 94.7 Å². The van der Waals surface area contributed by atoms with Gasteiger partial charge in [-0.1, -0.05) is 6.07 Å². The molecule has 2 atom stereocenters. The third kappa shape index (κ3) is 1.74. The van der Waals surface area contributed by atoms with E-state index in [9.17, 15) is 0 Å². The van der Waals surface area contributed by atoms with Gasteiger partial charge in [-0.05, 0) is 37.1 Å². The zero-order valence-electron chi connectivity index (χ0n) is 9.11. The first-order chi connectivity index (χ1) is 7.83. The molecule has 1 fully saturated rings. The van der Waals surface area contributed by atoms with Gasteiger partial charge in [0.1, 0.15) is 0 Å². The average Bonchev–Trinajstić information content (AvgIpc) is 2.75. The Morgan fingerprint density at radius 1 is 1.25 bits per heavy atom. The van der Waals surface area contributed by atoms with Crippen molar-refractivity contribution in [1.82, 2.24) is 5.32 Å². The van der Waals surface area contributed by atoms with Crippen molar-refractivity contribution in [3.05, 3.63) is 23.8 Å². The van der Waals surface area contributed by atoms with Crippen LogP contribution in [0.2, 0.25) is 0 Å². The largest absolute Gasteiger partial charge is 0.454 e. The average molecular weight is 220 g/mol. The van der Waals surface area contributed by atoms with Crippen LogP contribution >= 0.6 is 0 Å². The molecule has 2 aliphatic heterocycles. The number of benzene rings is 1. The lowest BCUT2D eigenvalue weighted by atomic mass is 9.94.